The number of aromatic nitrogens is 3. The van der Waals surface area contributed by atoms with E-state index in [0.29, 0.717) is 11.5 Å². The molecule has 0 bridgehead atoms. The van der Waals surface area contributed by atoms with Crippen LogP contribution in [-0.2, 0) is 0 Å². The minimum Gasteiger partial charge on any atom is -0.284 e. The summed E-state index contributed by atoms with van der Waals surface area (Å²) >= 11 is 0. The van der Waals surface area contributed by atoms with Crippen LogP contribution in [0.25, 0.3) is 39.3 Å². The Labute approximate surface area is 167 Å². The number of rotatable bonds is 3. The molecule has 3 aromatic carbocycles. The van der Waals surface area contributed by atoms with Crippen molar-refractivity contribution in [1.82, 2.24) is 14.4 Å². The highest BCUT2D eigenvalue weighted by molar-refractivity contribution is 5.83. The third-order valence-electron chi connectivity index (χ3n) is 4.89. The van der Waals surface area contributed by atoms with Gasteiger partial charge in [-0.25, -0.2) is 4.79 Å². The van der Waals surface area contributed by atoms with E-state index < -0.39 is 5.69 Å². The van der Waals surface area contributed by atoms with Gasteiger partial charge in [-0.05, 0) is 22.8 Å². The van der Waals surface area contributed by atoms with Crippen molar-refractivity contribution < 1.29 is 0 Å². The van der Waals surface area contributed by atoms with Crippen molar-refractivity contribution in [3.63, 3.8) is 0 Å². The Kier molecular flexibility index (Phi) is 4.22. The van der Waals surface area contributed by atoms with Crippen LogP contribution in [-0.4, -0.2) is 14.4 Å². The van der Waals surface area contributed by atoms with E-state index >= 15 is 0 Å². The first-order valence-electron chi connectivity index (χ1n) is 9.40. The maximum absolute atomic E-state index is 12.4. The van der Waals surface area contributed by atoms with Crippen molar-refractivity contribution in [2.75, 3.05) is 0 Å². The molecule has 0 fully saturated rings. The first-order valence-corrected chi connectivity index (χ1v) is 9.40. The summed E-state index contributed by atoms with van der Waals surface area (Å²) in [6.07, 6.45) is 2.00. The Morgan fingerprint density at radius 1 is 0.586 bits per heavy atom. The van der Waals surface area contributed by atoms with Gasteiger partial charge in [0.25, 0.3) is 0 Å². The van der Waals surface area contributed by atoms with Gasteiger partial charge in [0.2, 0.25) is 0 Å². The van der Waals surface area contributed by atoms with Crippen LogP contribution < -0.4 is 5.69 Å². The molecule has 2 aromatic heterocycles. The zero-order valence-electron chi connectivity index (χ0n) is 15.6. The molecule has 5 rings (SSSR count). The fourth-order valence-corrected chi connectivity index (χ4v) is 3.53. The molecule has 0 N–H and O–H groups in total. The lowest BCUT2D eigenvalue weighted by atomic mass is 10.0. The van der Waals surface area contributed by atoms with Gasteiger partial charge in [-0.15, -0.1) is 0 Å². The summed E-state index contributed by atoms with van der Waals surface area (Å²) in [6.45, 7) is 0. The second-order valence-corrected chi connectivity index (χ2v) is 6.76. The Bertz CT molecular complexity index is 1350. The molecular weight excluding hydrogens is 358 g/mol. The molecule has 138 valence electrons. The van der Waals surface area contributed by atoms with Gasteiger partial charge >= 0.3 is 5.69 Å². The minimum atomic E-state index is -0.492. The summed E-state index contributed by atoms with van der Waals surface area (Å²) in [5.74, 6) is 0.579. The maximum atomic E-state index is 12.4. The standard InChI is InChI=1S/C25H17N3O/c29-25-26-23(20-14-8-3-9-15-20)28-17-21(18-10-4-1-5-11-18)16-22(24(28)27-25)19-12-6-2-7-13-19/h1-17H. The van der Waals surface area contributed by atoms with Crippen LogP contribution in [0.3, 0.4) is 0 Å². The summed E-state index contributed by atoms with van der Waals surface area (Å²) in [4.78, 5) is 20.9. The van der Waals surface area contributed by atoms with Crippen LogP contribution in [0.2, 0.25) is 0 Å². The number of nitrogens with zero attached hydrogens (tertiary/aromatic N) is 3. The van der Waals surface area contributed by atoms with Gasteiger partial charge < -0.3 is 0 Å². The van der Waals surface area contributed by atoms with Gasteiger partial charge in [-0.2, -0.15) is 9.97 Å². The SMILES string of the molecule is O=c1nc(-c2ccccc2)n2cc(-c3ccccc3)cc(-c3ccccc3)c2n1. The van der Waals surface area contributed by atoms with Crippen molar-refractivity contribution in [3.05, 3.63) is 114 Å². The fraction of sp³-hybridized carbons (Fsp3) is 0. The summed E-state index contributed by atoms with van der Waals surface area (Å²) < 4.78 is 1.92. The molecule has 4 heteroatoms. The second kappa shape index (κ2) is 7.17. The summed E-state index contributed by atoms with van der Waals surface area (Å²) in [5.41, 5.74) is 4.98. The average Bonchev–Trinajstić information content (AvgIpc) is 2.79. The molecule has 0 radical (unpaired) electrons. The van der Waals surface area contributed by atoms with E-state index in [9.17, 15) is 4.79 Å². The van der Waals surface area contributed by atoms with Gasteiger partial charge in [0.1, 0.15) is 0 Å². The van der Waals surface area contributed by atoms with Gasteiger partial charge in [0.05, 0.1) is 0 Å². The number of fused-ring (bicyclic) bond motifs is 1. The van der Waals surface area contributed by atoms with Crippen LogP contribution in [0.4, 0.5) is 0 Å². The van der Waals surface area contributed by atoms with Crippen LogP contribution in [0.15, 0.2) is 108 Å². The molecule has 2 heterocycles. The molecule has 29 heavy (non-hydrogen) atoms. The Morgan fingerprint density at radius 3 is 1.76 bits per heavy atom. The molecule has 5 aromatic rings. The average molecular weight is 375 g/mol. The van der Waals surface area contributed by atoms with E-state index in [4.69, 9.17) is 0 Å². The van der Waals surface area contributed by atoms with Crippen molar-refractivity contribution >= 4 is 5.65 Å². The predicted molar refractivity (Wildman–Crippen MR) is 116 cm³/mol. The van der Waals surface area contributed by atoms with E-state index in [1.807, 2.05) is 89.5 Å². The number of hydrogen-bond donors (Lipinski definition) is 0. The highest BCUT2D eigenvalue weighted by Crippen LogP contribution is 2.31. The summed E-state index contributed by atoms with van der Waals surface area (Å²) in [6, 6.07) is 32.0. The lowest BCUT2D eigenvalue weighted by Crippen LogP contribution is -2.16. The Morgan fingerprint density at radius 2 is 1.14 bits per heavy atom. The largest absolute Gasteiger partial charge is 0.371 e. The van der Waals surface area contributed by atoms with E-state index in [1.165, 1.54) is 0 Å². The number of hydrogen-bond acceptors (Lipinski definition) is 3. The van der Waals surface area contributed by atoms with Crippen molar-refractivity contribution in [1.29, 1.82) is 0 Å². The number of pyridine rings is 1. The van der Waals surface area contributed by atoms with Crippen molar-refractivity contribution in [2.45, 2.75) is 0 Å². The van der Waals surface area contributed by atoms with E-state index in [-0.39, 0.29) is 0 Å². The van der Waals surface area contributed by atoms with Crippen molar-refractivity contribution in [3.8, 4) is 33.6 Å². The lowest BCUT2D eigenvalue weighted by molar-refractivity contribution is 0.976. The van der Waals surface area contributed by atoms with E-state index in [0.717, 1.165) is 27.8 Å². The molecule has 0 aliphatic heterocycles. The molecule has 0 aliphatic carbocycles. The Hall–Kier alpha value is -4.05. The van der Waals surface area contributed by atoms with Gasteiger partial charge in [-0.3, -0.25) is 4.40 Å². The fourth-order valence-electron chi connectivity index (χ4n) is 3.53. The van der Waals surface area contributed by atoms with E-state index in [1.54, 1.807) is 0 Å². The van der Waals surface area contributed by atoms with Crippen LogP contribution in [0.1, 0.15) is 0 Å². The van der Waals surface area contributed by atoms with Crippen molar-refractivity contribution in [2.24, 2.45) is 0 Å². The minimum absolute atomic E-state index is 0.492. The molecule has 0 unspecified atom stereocenters. The van der Waals surface area contributed by atoms with Gasteiger partial charge in [-0.1, -0.05) is 91.0 Å². The predicted octanol–water partition coefficient (Wildman–Crippen LogP) is 5.09. The number of benzene rings is 3. The third kappa shape index (κ3) is 3.21. The van der Waals surface area contributed by atoms with Crippen LogP contribution >= 0.6 is 0 Å². The topological polar surface area (TPSA) is 47.3 Å². The zero-order chi connectivity index (χ0) is 19.6. The van der Waals surface area contributed by atoms with Gasteiger partial charge in [0.15, 0.2) is 11.5 Å². The molecule has 0 spiro atoms. The smallest absolute Gasteiger partial charge is 0.284 e. The van der Waals surface area contributed by atoms with E-state index in [2.05, 4.69) is 28.2 Å². The molecule has 0 atom stereocenters. The molecule has 0 saturated heterocycles. The first kappa shape index (κ1) is 17.1. The zero-order valence-corrected chi connectivity index (χ0v) is 15.6. The lowest BCUT2D eigenvalue weighted by Gasteiger charge is -2.14. The molecule has 0 amide bonds. The summed E-state index contributed by atoms with van der Waals surface area (Å²) in [7, 11) is 0. The Balaban J connectivity index is 1.90. The third-order valence-corrected chi connectivity index (χ3v) is 4.89. The molecule has 4 nitrogen and oxygen atoms in total. The highest BCUT2D eigenvalue weighted by Gasteiger charge is 2.14. The quantitative estimate of drug-likeness (QED) is 0.441. The molecule has 0 aliphatic rings. The first-order chi connectivity index (χ1) is 14.3. The second-order valence-electron chi connectivity index (χ2n) is 6.76. The van der Waals surface area contributed by atoms with Crippen LogP contribution in [0, 0.1) is 0 Å². The highest BCUT2D eigenvalue weighted by atomic mass is 16.1. The monoisotopic (exact) mass is 375 g/mol. The summed E-state index contributed by atoms with van der Waals surface area (Å²) in [5, 5.41) is 0. The normalized spacial score (nSPS) is 10.9. The van der Waals surface area contributed by atoms with Gasteiger partial charge in [0, 0.05) is 17.3 Å². The maximum Gasteiger partial charge on any atom is 0.371 e. The molecule has 0 saturated carbocycles. The molecular formula is C25H17N3O. The van der Waals surface area contributed by atoms with Crippen LogP contribution in [0.5, 0.6) is 0 Å².